The summed E-state index contributed by atoms with van der Waals surface area (Å²) in [4.78, 5) is 11.8. The highest BCUT2D eigenvalue weighted by Gasteiger charge is 2.34. The molecule has 0 saturated heterocycles. The molecule has 0 bridgehead atoms. The fourth-order valence-electron chi connectivity index (χ4n) is 2.69. The number of esters is 1. The smallest absolute Gasteiger partial charge is 0.338 e. The number of hydrogen-bond donors (Lipinski definition) is 0. The summed E-state index contributed by atoms with van der Waals surface area (Å²) in [5.41, 5.74) is 0.501. The maximum Gasteiger partial charge on any atom is 0.338 e. The fourth-order valence-corrected chi connectivity index (χ4v) is 2.69. The number of halogens is 2. The van der Waals surface area contributed by atoms with Crippen molar-refractivity contribution in [2.24, 2.45) is 0 Å². The zero-order valence-corrected chi connectivity index (χ0v) is 13.5. The van der Waals surface area contributed by atoms with Gasteiger partial charge in [-0.3, -0.25) is 0 Å². The van der Waals surface area contributed by atoms with Crippen molar-refractivity contribution in [3.63, 3.8) is 0 Å². The maximum absolute atomic E-state index is 13.4. The minimum absolute atomic E-state index is 0.00132. The average Bonchev–Trinajstić information content (AvgIpc) is 2.79. The molecule has 1 aliphatic heterocycles. The second-order valence-electron chi connectivity index (χ2n) is 6.19. The highest BCUT2D eigenvalue weighted by atomic mass is 19.1. The number of benzene rings is 2. The van der Waals surface area contributed by atoms with Crippen LogP contribution >= 0.6 is 0 Å². The molecule has 0 atom stereocenters. The Kier molecular flexibility index (Phi) is 3.91. The Labute approximate surface area is 138 Å². The minimum Gasteiger partial charge on any atom is -0.487 e. The molecule has 0 fully saturated rings. The lowest BCUT2D eigenvalue weighted by molar-refractivity contribution is 0.0599. The predicted octanol–water partition coefficient (Wildman–Crippen LogP) is 4.26. The van der Waals surface area contributed by atoms with Gasteiger partial charge in [-0.05, 0) is 26.0 Å². The summed E-state index contributed by atoms with van der Waals surface area (Å²) in [5, 5.41) is 0. The Morgan fingerprint density at radius 3 is 2.42 bits per heavy atom. The lowest BCUT2D eigenvalue weighted by Gasteiger charge is -2.16. The van der Waals surface area contributed by atoms with Gasteiger partial charge in [0, 0.05) is 30.2 Å². The normalized spacial score (nSPS) is 14.7. The van der Waals surface area contributed by atoms with Gasteiger partial charge in [-0.25, -0.2) is 13.6 Å². The average molecular weight is 334 g/mol. The fraction of sp³-hybridized carbons (Fsp3) is 0.278. The molecule has 24 heavy (non-hydrogen) atoms. The topological polar surface area (TPSA) is 44.8 Å². The van der Waals surface area contributed by atoms with Gasteiger partial charge in [0.25, 0.3) is 0 Å². The van der Waals surface area contributed by atoms with Gasteiger partial charge in [0.2, 0.25) is 0 Å². The van der Waals surface area contributed by atoms with Gasteiger partial charge in [-0.15, -0.1) is 0 Å². The largest absolute Gasteiger partial charge is 0.487 e. The van der Waals surface area contributed by atoms with Crippen LogP contribution in [0.3, 0.4) is 0 Å². The van der Waals surface area contributed by atoms with E-state index in [1.165, 1.54) is 13.2 Å². The first kappa shape index (κ1) is 16.2. The maximum atomic E-state index is 13.4. The quantitative estimate of drug-likeness (QED) is 0.787. The Bertz CT molecular complexity index is 795. The molecule has 3 rings (SSSR count). The Balaban J connectivity index is 2.06. The summed E-state index contributed by atoms with van der Waals surface area (Å²) in [7, 11) is 1.27. The van der Waals surface area contributed by atoms with Crippen molar-refractivity contribution in [1.29, 1.82) is 0 Å². The van der Waals surface area contributed by atoms with E-state index in [2.05, 4.69) is 0 Å². The molecule has 1 aliphatic rings. The van der Waals surface area contributed by atoms with Crippen LogP contribution in [0, 0.1) is 11.6 Å². The molecule has 4 nitrogen and oxygen atoms in total. The van der Waals surface area contributed by atoms with E-state index in [0.717, 1.165) is 23.8 Å². The van der Waals surface area contributed by atoms with Crippen molar-refractivity contribution in [1.82, 2.24) is 0 Å². The number of rotatable bonds is 3. The Morgan fingerprint density at radius 2 is 1.79 bits per heavy atom. The number of carbonyl (C=O) groups is 1. The van der Waals surface area contributed by atoms with Gasteiger partial charge in [0.05, 0.1) is 12.7 Å². The van der Waals surface area contributed by atoms with Gasteiger partial charge >= 0.3 is 5.97 Å². The van der Waals surface area contributed by atoms with Crippen molar-refractivity contribution >= 4 is 5.97 Å². The van der Waals surface area contributed by atoms with E-state index in [1.54, 1.807) is 6.07 Å². The van der Waals surface area contributed by atoms with Crippen molar-refractivity contribution in [3.05, 3.63) is 53.1 Å². The monoisotopic (exact) mass is 334 g/mol. The number of methoxy groups -OCH3 is 1. The first-order valence-electron chi connectivity index (χ1n) is 7.35. The van der Waals surface area contributed by atoms with Crippen LogP contribution in [0.2, 0.25) is 0 Å². The summed E-state index contributed by atoms with van der Waals surface area (Å²) in [5.74, 6) is -1.24. The van der Waals surface area contributed by atoms with Crippen molar-refractivity contribution in [2.45, 2.75) is 25.9 Å². The van der Waals surface area contributed by atoms with Crippen molar-refractivity contribution in [3.8, 4) is 17.2 Å². The molecule has 126 valence electrons. The lowest BCUT2D eigenvalue weighted by atomic mass is 10.00. The number of hydrogen-bond acceptors (Lipinski definition) is 4. The summed E-state index contributed by atoms with van der Waals surface area (Å²) < 4.78 is 42.9. The number of carbonyl (C=O) groups excluding carboxylic acids is 1. The van der Waals surface area contributed by atoms with Crippen LogP contribution in [0.4, 0.5) is 8.78 Å². The molecule has 0 aliphatic carbocycles. The van der Waals surface area contributed by atoms with Crippen LogP contribution < -0.4 is 9.47 Å². The zero-order valence-electron chi connectivity index (χ0n) is 13.5. The molecule has 2 aromatic carbocycles. The third kappa shape index (κ3) is 3.18. The van der Waals surface area contributed by atoms with Crippen molar-refractivity contribution < 1.29 is 27.8 Å². The van der Waals surface area contributed by atoms with E-state index >= 15 is 0 Å². The van der Waals surface area contributed by atoms with Gasteiger partial charge in [-0.1, -0.05) is 0 Å². The van der Waals surface area contributed by atoms with E-state index in [1.807, 2.05) is 13.8 Å². The van der Waals surface area contributed by atoms with Gasteiger partial charge in [-0.2, -0.15) is 0 Å². The highest BCUT2D eigenvalue weighted by Crippen LogP contribution is 2.43. The summed E-state index contributed by atoms with van der Waals surface area (Å²) in [6, 6.07) is 5.96. The third-order valence-electron chi connectivity index (χ3n) is 3.64. The lowest BCUT2D eigenvalue weighted by Crippen LogP contribution is -2.24. The molecule has 0 saturated carbocycles. The number of fused-ring (bicyclic) bond motifs is 1. The molecule has 0 aromatic heterocycles. The van der Waals surface area contributed by atoms with Crippen molar-refractivity contribution in [2.75, 3.05) is 7.11 Å². The Morgan fingerprint density at radius 1 is 1.12 bits per heavy atom. The molecule has 0 spiro atoms. The molecule has 6 heteroatoms. The highest BCUT2D eigenvalue weighted by molar-refractivity contribution is 5.90. The molecule has 0 amide bonds. The van der Waals surface area contributed by atoms with Crippen LogP contribution in [-0.2, 0) is 11.2 Å². The van der Waals surface area contributed by atoms with Gasteiger partial charge in [0.1, 0.15) is 34.5 Å². The van der Waals surface area contributed by atoms with Gasteiger partial charge < -0.3 is 14.2 Å². The third-order valence-corrected chi connectivity index (χ3v) is 3.64. The van der Waals surface area contributed by atoms with Crippen LogP contribution in [-0.4, -0.2) is 18.7 Å². The molecule has 0 radical (unpaired) electrons. The van der Waals surface area contributed by atoms with Crippen LogP contribution in [0.5, 0.6) is 17.2 Å². The molecule has 0 N–H and O–H groups in total. The standard InChI is InChI=1S/C18H16F2O4/c1-18(2)9-14-15(23-13-7-11(19)6-12(20)8-13)4-10(17(21)22-3)5-16(14)24-18/h4-8H,9H2,1-3H3. The molecule has 1 heterocycles. The molecule has 0 unspecified atom stereocenters. The SMILES string of the molecule is COC(=O)c1cc(Oc2cc(F)cc(F)c2)c2c(c1)OC(C)(C)C2. The Hall–Kier alpha value is -2.63. The second-order valence-corrected chi connectivity index (χ2v) is 6.19. The zero-order chi connectivity index (χ0) is 17.5. The van der Waals surface area contributed by atoms with E-state index in [4.69, 9.17) is 14.2 Å². The molecule has 2 aromatic rings. The molecular weight excluding hydrogens is 318 g/mol. The van der Waals surface area contributed by atoms with Crippen LogP contribution in [0.15, 0.2) is 30.3 Å². The van der Waals surface area contributed by atoms with E-state index in [9.17, 15) is 13.6 Å². The first-order chi connectivity index (χ1) is 11.3. The minimum atomic E-state index is -0.748. The summed E-state index contributed by atoms with van der Waals surface area (Å²) >= 11 is 0. The summed E-state index contributed by atoms with van der Waals surface area (Å²) in [6.07, 6.45) is 0.539. The van der Waals surface area contributed by atoms with E-state index in [-0.39, 0.29) is 11.3 Å². The van der Waals surface area contributed by atoms with Crippen LogP contribution in [0.1, 0.15) is 29.8 Å². The second kappa shape index (κ2) is 5.78. The van der Waals surface area contributed by atoms with E-state index in [0.29, 0.717) is 17.9 Å². The van der Waals surface area contributed by atoms with E-state index < -0.39 is 23.2 Å². The summed E-state index contributed by atoms with van der Waals surface area (Å²) in [6.45, 7) is 3.80. The first-order valence-corrected chi connectivity index (χ1v) is 7.35. The number of ether oxygens (including phenoxy) is 3. The van der Waals surface area contributed by atoms with Crippen LogP contribution in [0.25, 0.3) is 0 Å². The molecular formula is C18H16F2O4. The van der Waals surface area contributed by atoms with Gasteiger partial charge in [0.15, 0.2) is 0 Å². The predicted molar refractivity (Wildman–Crippen MR) is 82.6 cm³/mol.